The first kappa shape index (κ1) is 13.1. The van der Waals surface area contributed by atoms with E-state index in [1.165, 1.54) is 0 Å². The van der Waals surface area contributed by atoms with E-state index in [2.05, 4.69) is 6.07 Å². The summed E-state index contributed by atoms with van der Waals surface area (Å²) in [6.45, 7) is 6.01. The molecule has 19 heavy (non-hydrogen) atoms. The Kier molecular flexibility index (Phi) is 3.56. The Morgan fingerprint density at radius 1 is 1.05 bits per heavy atom. The summed E-state index contributed by atoms with van der Waals surface area (Å²) in [5.74, 6) is 1.44. The van der Waals surface area contributed by atoms with Crippen molar-refractivity contribution < 1.29 is 4.74 Å². The molecule has 0 aliphatic carbocycles. The Morgan fingerprint density at radius 2 is 1.68 bits per heavy atom. The zero-order valence-electron chi connectivity index (χ0n) is 11.4. The molecule has 0 saturated heterocycles. The molecule has 2 aromatic rings. The lowest BCUT2D eigenvalue weighted by molar-refractivity contribution is 0.477. The third-order valence-corrected chi connectivity index (χ3v) is 2.92. The van der Waals surface area contributed by atoms with Crippen molar-refractivity contribution in [2.75, 3.05) is 0 Å². The van der Waals surface area contributed by atoms with Gasteiger partial charge in [0.1, 0.15) is 17.3 Å². The maximum Gasteiger partial charge on any atom is 0.141 e. The molecule has 0 spiro atoms. The van der Waals surface area contributed by atoms with E-state index in [-0.39, 0.29) is 5.84 Å². The second-order valence-electron chi connectivity index (χ2n) is 4.79. The van der Waals surface area contributed by atoms with Crippen molar-refractivity contribution in [2.45, 2.75) is 20.8 Å². The number of para-hydroxylation sites is 1. The molecule has 0 atom stereocenters. The Labute approximate surface area is 113 Å². The highest BCUT2D eigenvalue weighted by molar-refractivity contribution is 5.98. The predicted molar refractivity (Wildman–Crippen MR) is 78.2 cm³/mol. The lowest BCUT2D eigenvalue weighted by atomic mass is 10.1. The number of nitrogen functional groups attached to an aromatic ring is 1. The molecule has 0 fully saturated rings. The van der Waals surface area contributed by atoms with Crippen molar-refractivity contribution in [3.8, 4) is 11.5 Å². The number of amidine groups is 1. The van der Waals surface area contributed by atoms with Crippen LogP contribution in [0.5, 0.6) is 11.5 Å². The molecule has 3 N–H and O–H groups in total. The Morgan fingerprint density at radius 3 is 2.26 bits per heavy atom. The van der Waals surface area contributed by atoms with Crippen LogP contribution in [0.4, 0.5) is 0 Å². The second-order valence-corrected chi connectivity index (χ2v) is 4.79. The van der Waals surface area contributed by atoms with Gasteiger partial charge in [-0.1, -0.05) is 18.2 Å². The number of rotatable bonds is 3. The average molecular weight is 254 g/mol. The fraction of sp³-hybridized carbons (Fsp3) is 0.188. The molecule has 2 rings (SSSR count). The first-order chi connectivity index (χ1) is 8.97. The Hall–Kier alpha value is -2.29. The first-order valence-corrected chi connectivity index (χ1v) is 6.17. The number of hydrogen-bond acceptors (Lipinski definition) is 2. The molecule has 0 heterocycles. The molecule has 0 bridgehead atoms. The second kappa shape index (κ2) is 5.14. The van der Waals surface area contributed by atoms with Gasteiger partial charge in [-0.05, 0) is 55.7 Å². The lowest BCUT2D eigenvalue weighted by Gasteiger charge is -2.14. The van der Waals surface area contributed by atoms with Crippen LogP contribution in [0.25, 0.3) is 0 Å². The predicted octanol–water partition coefficient (Wildman–Crippen LogP) is 3.69. The van der Waals surface area contributed by atoms with E-state index in [1.807, 2.05) is 45.0 Å². The third-order valence-electron chi connectivity index (χ3n) is 2.92. The van der Waals surface area contributed by atoms with Crippen LogP contribution in [0.15, 0.2) is 36.4 Å². The van der Waals surface area contributed by atoms with Gasteiger partial charge >= 0.3 is 0 Å². The van der Waals surface area contributed by atoms with E-state index in [9.17, 15) is 0 Å². The summed E-state index contributed by atoms with van der Waals surface area (Å²) in [5.41, 5.74) is 9.48. The van der Waals surface area contributed by atoms with Crippen LogP contribution < -0.4 is 10.5 Å². The van der Waals surface area contributed by atoms with Gasteiger partial charge < -0.3 is 10.5 Å². The summed E-state index contributed by atoms with van der Waals surface area (Å²) in [5, 5.41) is 7.62. The lowest BCUT2D eigenvalue weighted by Crippen LogP contribution is -2.12. The molecule has 0 amide bonds. The average Bonchev–Trinajstić information content (AvgIpc) is 2.30. The fourth-order valence-corrected chi connectivity index (χ4v) is 2.11. The molecular weight excluding hydrogens is 236 g/mol. The highest BCUT2D eigenvalue weighted by atomic mass is 16.5. The summed E-state index contributed by atoms with van der Waals surface area (Å²) >= 11 is 0. The minimum absolute atomic E-state index is 0.0167. The number of nitrogens with two attached hydrogens (primary N) is 1. The normalized spacial score (nSPS) is 10.3. The summed E-state index contributed by atoms with van der Waals surface area (Å²) in [7, 11) is 0. The van der Waals surface area contributed by atoms with Crippen LogP contribution >= 0.6 is 0 Å². The Bertz CT molecular complexity index is 612. The van der Waals surface area contributed by atoms with E-state index in [4.69, 9.17) is 15.9 Å². The smallest absolute Gasteiger partial charge is 0.141 e. The van der Waals surface area contributed by atoms with Crippen LogP contribution in [0.3, 0.4) is 0 Å². The highest BCUT2D eigenvalue weighted by Gasteiger charge is 2.10. The van der Waals surface area contributed by atoms with Crippen molar-refractivity contribution in [1.82, 2.24) is 0 Å². The highest BCUT2D eigenvalue weighted by Crippen LogP contribution is 2.29. The maximum atomic E-state index is 7.62. The number of aryl methyl sites for hydroxylation is 3. The standard InChI is InChI=1S/C16H18N2O/c1-10-7-11(2)9-13(8-10)19-15-12(3)5-4-6-14(15)16(17)18/h4-9H,1-3H3,(H3,17,18). The van der Waals surface area contributed by atoms with Crippen molar-refractivity contribution in [3.63, 3.8) is 0 Å². The van der Waals surface area contributed by atoms with Crippen molar-refractivity contribution in [2.24, 2.45) is 5.73 Å². The van der Waals surface area contributed by atoms with E-state index < -0.39 is 0 Å². The molecule has 2 aromatic carbocycles. The third kappa shape index (κ3) is 2.94. The largest absolute Gasteiger partial charge is 0.456 e. The van der Waals surface area contributed by atoms with Crippen molar-refractivity contribution in [3.05, 3.63) is 58.7 Å². The number of benzene rings is 2. The van der Waals surface area contributed by atoms with Gasteiger partial charge in [0.25, 0.3) is 0 Å². The van der Waals surface area contributed by atoms with Crippen LogP contribution in [0.1, 0.15) is 22.3 Å². The number of hydrogen-bond donors (Lipinski definition) is 2. The zero-order valence-corrected chi connectivity index (χ0v) is 11.4. The molecule has 0 aromatic heterocycles. The minimum atomic E-state index is 0.0167. The van der Waals surface area contributed by atoms with Crippen molar-refractivity contribution >= 4 is 5.84 Å². The van der Waals surface area contributed by atoms with E-state index in [0.29, 0.717) is 11.3 Å². The van der Waals surface area contributed by atoms with Gasteiger partial charge in [0, 0.05) is 0 Å². The molecule has 0 aliphatic heterocycles. The maximum absolute atomic E-state index is 7.62. The van der Waals surface area contributed by atoms with Crippen LogP contribution in [0.2, 0.25) is 0 Å². The molecule has 0 saturated carbocycles. The van der Waals surface area contributed by atoms with Gasteiger partial charge in [-0.2, -0.15) is 0 Å². The van der Waals surface area contributed by atoms with Crippen LogP contribution in [-0.2, 0) is 0 Å². The molecule has 0 unspecified atom stereocenters. The van der Waals surface area contributed by atoms with Gasteiger partial charge in [0.15, 0.2) is 0 Å². The minimum Gasteiger partial charge on any atom is -0.456 e. The quantitative estimate of drug-likeness (QED) is 0.648. The fourth-order valence-electron chi connectivity index (χ4n) is 2.11. The van der Waals surface area contributed by atoms with Crippen molar-refractivity contribution in [1.29, 1.82) is 5.41 Å². The molecule has 3 heteroatoms. The zero-order chi connectivity index (χ0) is 14.0. The Balaban J connectivity index is 2.45. The summed E-state index contributed by atoms with van der Waals surface area (Å²) in [6.07, 6.45) is 0. The molecule has 3 nitrogen and oxygen atoms in total. The van der Waals surface area contributed by atoms with Gasteiger partial charge in [0.2, 0.25) is 0 Å². The topological polar surface area (TPSA) is 59.1 Å². The van der Waals surface area contributed by atoms with E-state index >= 15 is 0 Å². The van der Waals surface area contributed by atoms with Gasteiger partial charge in [-0.25, -0.2) is 0 Å². The molecule has 0 radical (unpaired) electrons. The van der Waals surface area contributed by atoms with E-state index in [1.54, 1.807) is 6.07 Å². The number of ether oxygens (including phenoxy) is 1. The van der Waals surface area contributed by atoms with E-state index in [0.717, 1.165) is 22.4 Å². The SMILES string of the molecule is Cc1cc(C)cc(Oc2c(C)cccc2C(=N)N)c1. The molecule has 0 aliphatic rings. The molecular formula is C16H18N2O. The van der Waals surface area contributed by atoms with Gasteiger partial charge in [-0.15, -0.1) is 0 Å². The molecule has 98 valence electrons. The summed E-state index contributed by atoms with van der Waals surface area (Å²) in [6, 6.07) is 11.7. The summed E-state index contributed by atoms with van der Waals surface area (Å²) < 4.78 is 5.94. The van der Waals surface area contributed by atoms with Crippen LogP contribution in [-0.4, -0.2) is 5.84 Å². The monoisotopic (exact) mass is 254 g/mol. The first-order valence-electron chi connectivity index (χ1n) is 6.17. The summed E-state index contributed by atoms with van der Waals surface area (Å²) in [4.78, 5) is 0. The van der Waals surface area contributed by atoms with Gasteiger partial charge in [-0.3, -0.25) is 5.41 Å². The van der Waals surface area contributed by atoms with Gasteiger partial charge in [0.05, 0.1) is 5.56 Å². The van der Waals surface area contributed by atoms with Crippen LogP contribution in [0, 0.1) is 26.2 Å². The number of nitrogens with one attached hydrogen (secondary N) is 1.